The van der Waals surface area contributed by atoms with Crippen molar-refractivity contribution in [3.05, 3.63) is 35.5 Å². The Hall–Kier alpha value is -2.23. The Balaban J connectivity index is 1.63. The molecule has 5 rings (SSSR count). The van der Waals surface area contributed by atoms with Crippen molar-refractivity contribution in [1.82, 2.24) is 14.7 Å². The molecule has 0 spiro atoms. The van der Waals surface area contributed by atoms with Gasteiger partial charge in [0.1, 0.15) is 0 Å². The van der Waals surface area contributed by atoms with E-state index >= 15 is 0 Å². The van der Waals surface area contributed by atoms with E-state index in [1.807, 2.05) is 16.8 Å². The Morgan fingerprint density at radius 3 is 2.55 bits per heavy atom. The van der Waals surface area contributed by atoms with Gasteiger partial charge in [0.25, 0.3) is 5.91 Å². The number of carbonyl (C=O) groups excluding carboxylic acids is 1. The quantitative estimate of drug-likeness (QED) is 0.776. The second-order valence-electron chi connectivity index (χ2n) is 8.64. The number of amides is 1. The number of aromatic nitrogens is 2. The molecule has 9 heteroatoms. The van der Waals surface area contributed by atoms with Gasteiger partial charge in [-0.1, -0.05) is 18.2 Å². The van der Waals surface area contributed by atoms with Crippen molar-refractivity contribution in [2.75, 3.05) is 32.9 Å². The molecule has 2 aromatic rings. The first-order valence-corrected chi connectivity index (χ1v) is 12.6. The maximum Gasteiger partial charge on any atom is 0.274 e. The fourth-order valence-electron chi connectivity index (χ4n) is 5.02. The van der Waals surface area contributed by atoms with Gasteiger partial charge < -0.3 is 14.7 Å². The average Bonchev–Trinajstić information content (AvgIpc) is 3.18. The van der Waals surface area contributed by atoms with E-state index in [0.717, 1.165) is 31.4 Å². The zero-order chi connectivity index (χ0) is 21.6. The number of aliphatic hydroxyl groups excluding tert-OH is 1. The Kier molecular flexibility index (Phi) is 5.35. The van der Waals surface area contributed by atoms with Crippen LogP contribution in [0.2, 0.25) is 0 Å². The van der Waals surface area contributed by atoms with E-state index in [4.69, 9.17) is 9.84 Å². The first-order chi connectivity index (χ1) is 15.0. The largest absolute Gasteiger partial charge is 0.396 e. The van der Waals surface area contributed by atoms with Gasteiger partial charge >= 0.3 is 0 Å². The fourth-order valence-corrected chi connectivity index (χ4v) is 6.61. The Labute approximate surface area is 181 Å². The van der Waals surface area contributed by atoms with Gasteiger partial charge in [-0.25, -0.2) is 8.42 Å². The van der Waals surface area contributed by atoms with Crippen molar-refractivity contribution in [3.63, 3.8) is 0 Å². The molecule has 2 fully saturated rings. The molecule has 0 unspecified atom stereocenters. The highest BCUT2D eigenvalue weighted by molar-refractivity contribution is 7.90. The molecule has 166 valence electrons. The summed E-state index contributed by atoms with van der Waals surface area (Å²) in [6, 6.07) is 7.08. The number of aliphatic hydroxyl groups is 1. The molecule has 2 aliphatic heterocycles. The van der Waals surface area contributed by atoms with E-state index < -0.39 is 9.84 Å². The van der Waals surface area contributed by atoms with E-state index in [2.05, 4.69) is 0 Å². The average molecular weight is 446 g/mol. The molecule has 1 N–H and O–H groups in total. The summed E-state index contributed by atoms with van der Waals surface area (Å²) in [5.41, 5.74) is 2.15. The number of fused-ring (bicyclic) bond motifs is 3. The van der Waals surface area contributed by atoms with Gasteiger partial charge in [0.05, 0.1) is 35.6 Å². The summed E-state index contributed by atoms with van der Waals surface area (Å²) in [6.45, 7) is 2.09. The molecule has 1 amide bonds. The summed E-state index contributed by atoms with van der Waals surface area (Å²) in [5, 5.41) is 14.3. The van der Waals surface area contributed by atoms with Crippen LogP contribution in [-0.2, 0) is 20.3 Å². The van der Waals surface area contributed by atoms with Gasteiger partial charge in [0, 0.05) is 30.8 Å². The standard InChI is InChI=1S/C22H27N3O5S/c26-13-15-5-7-16(8-6-15)25-21-17-3-1-2-4-19(17)31(28,29)14-18(21)20(23-25)22(27)24-9-11-30-12-10-24/h1-4,15-16,26H,5-14H2. The summed E-state index contributed by atoms with van der Waals surface area (Å²) in [5.74, 6) is -0.141. The number of nitrogens with zero attached hydrogens (tertiary/aromatic N) is 3. The van der Waals surface area contributed by atoms with E-state index in [1.54, 1.807) is 17.0 Å². The van der Waals surface area contributed by atoms with Crippen molar-refractivity contribution < 1.29 is 23.1 Å². The predicted molar refractivity (Wildman–Crippen MR) is 113 cm³/mol. The third kappa shape index (κ3) is 3.58. The van der Waals surface area contributed by atoms with E-state index in [1.165, 1.54) is 0 Å². The third-order valence-corrected chi connectivity index (χ3v) is 8.44. The third-order valence-electron chi connectivity index (χ3n) is 6.74. The Morgan fingerprint density at radius 1 is 1.13 bits per heavy atom. The van der Waals surface area contributed by atoms with E-state index in [-0.39, 0.29) is 30.0 Å². The van der Waals surface area contributed by atoms with Gasteiger partial charge in [0.15, 0.2) is 15.5 Å². The lowest BCUT2D eigenvalue weighted by Gasteiger charge is -2.29. The summed E-state index contributed by atoms with van der Waals surface area (Å²) in [4.78, 5) is 15.4. The zero-order valence-corrected chi connectivity index (χ0v) is 18.2. The summed E-state index contributed by atoms with van der Waals surface area (Å²) in [6.07, 6.45) is 3.48. The molecule has 0 bridgehead atoms. The number of ether oxygens (including phenoxy) is 1. The van der Waals surface area contributed by atoms with Crippen molar-refractivity contribution in [1.29, 1.82) is 0 Å². The first kappa shape index (κ1) is 20.7. The molecule has 8 nitrogen and oxygen atoms in total. The maximum absolute atomic E-state index is 13.4. The van der Waals surface area contributed by atoms with Crippen LogP contribution in [0.1, 0.15) is 47.8 Å². The van der Waals surface area contributed by atoms with Crippen LogP contribution < -0.4 is 0 Å². The minimum atomic E-state index is -3.55. The molecule has 0 atom stereocenters. The highest BCUT2D eigenvalue weighted by atomic mass is 32.2. The van der Waals surface area contributed by atoms with Crippen molar-refractivity contribution in [2.24, 2.45) is 5.92 Å². The van der Waals surface area contributed by atoms with Crippen LogP contribution >= 0.6 is 0 Å². The topological polar surface area (TPSA) is 102 Å². The van der Waals surface area contributed by atoms with Gasteiger partial charge in [-0.2, -0.15) is 5.10 Å². The molecule has 3 aliphatic rings. The lowest BCUT2D eigenvalue weighted by atomic mass is 9.86. The lowest BCUT2D eigenvalue weighted by Crippen LogP contribution is -2.41. The zero-order valence-electron chi connectivity index (χ0n) is 17.4. The number of morpholine rings is 1. The van der Waals surface area contributed by atoms with Crippen LogP contribution in [0.4, 0.5) is 0 Å². The second-order valence-corrected chi connectivity index (χ2v) is 10.6. The normalized spacial score (nSPS) is 25.0. The molecular weight excluding hydrogens is 418 g/mol. The predicted octanol–water partition coefficient (Wildman–Crippen LogP) is 2.03. The molecule has 0 radical (unpaired) electrons. The molecule has 1 saturated heterocycles. The van der Waals surface area contributed by atoms with Gasteiger partial charge in [-0.15, -0.1) is 0 Å². The minimum absolute atomic E-state index is 0.0802. The van der Waals surface area contributed by atoms with E-state index in [0.29, 0.717) is 48.2 Å². The highest BCUT2D eigenvalue weighted by Crippen LogP contribution is 2.43. The molecule has 1 saturated carbocycles. The van der Waals surface area contributed by atoms with Crippen molar-refractivity contribution in [3.8, 4) is 11.3 Å². The molecule has 1 aromatic heterocycles. The monoisotopic (exact) mass is 445 g/mol. The van der Waals surface area contributed by atoms with Crippen LogP contribution in [0.5, 0.6) is 0 Å². The molecule has 3 heterocycles. The molecule has 1 aromatic carbocycles. The van der Waals surface area contributed by atoms with Crippen LogP contribution in [-0.4, -0.2) is 67.0 Å². The Morgan fingerprint density at radius 2 is 1.84 bits per heavy atom. The van der Waals surface area contributed by atoms with Gasteiger partial charge in [-0.05, 0) is 37.7 Å². The second kappa shape index (κ2) is 8.03. The number of hydrogen-bond acceptors (Lipinski definition) is 6. The molecular formula is C22H27N3O5S. The highest BCUT2D eigenvalue weighted by Gasteiger charge is 2.38. The minimum Gasteiger partial charge on any atom is -0.396 e. The maximum atomic E-state index is 13.4. The fraction of sp³-hybridized carbons (Fsp3) is 0.545. The summed E-state index contributed by atoms with van der Waals surface area (Å²) in [7, 11) is -3.55. The SMILES string of the molecule is O=C(c1nn(C2CCC(CO)CC2)c2c1CS(=O)(=O)c1ccccc1-2)N1CCOCC1. The Bertz CT molecular complexity index is 1100. The van der Waals surface area contributed by atoms with Crippen molar-refractivity contribution >= 4 is 15.7 Å². The van der Waals surface area contributed by atoms with E-state index in [9.17, 15) is 18.3 Å². The van der Waals surface area contributed by atoms with Gasteiger partial charge in [-0.3, -0.25) is 9.48 Å². The smallest absolute Gasteiger partial charge is 0.274 e. The van der Waals surface area contributed by atoms with Gasteiger partial charge in [0.2, 0.25) is 0 Å². The number of benzene rings is 1. The lowest BCUT2D eigenvalue weighted by molar-refractivity contribution is 0.0297. The van der Waals surface area contributed by atoms with Crippen molar-refractivity contribution in [2.45, 2.75) is 42.4 Å². The van der Waals surface area contributed by atoms with Crippen LogP contribution in [0.3, 0.4) is 0 Å². The first-order valence-electron chi connectivity index (χ1n) is 10.9. The van der Waals surface area contributed by atoms with Crippen LogP contribution in [0, 0.1) is 5.92 Å². The molecule has 31 heavy (non-hydrogen) atoms. The number of sulfone groups is 1. The summed E-state index contributed by atoms with van der Waals surface area (Å²) >= 11 is 0. The van der Waals surface area contributed by atoms with Crippen LogP contribution in [0.15, 0.2) is 29.2 Å². The number of rotatable bonds is 3. The number of carbonyl (C=O) groups is 1. The van der Waals surface area contributed by atoms with Crippen LogP contribution in [0.25, 0.3) is 11.3 Å². The summed E-state index contributed by atoms with van der Waals surface area (Å²) < 4.78 is 33.4. The molecule has 1 aliphatic carbocycles. The number of hydrogen-bond donors (Lipinski definition) is 1.